The van der Waals surface area contributed by atoms with Gasteiger partial charge in [0.2, 0.25) is 5.91 Å². The van der Waals surface area contributed by atoms with Gasteiger partial charge in [0.15, 0.2) is 5.82 Å². The average molecular weight is 241 g/mol. The molecule has 0 aromatic carbocycles. The van der Waals surface area contributed by atoms with Crippen molar-refractivity contribution in [3.05, 3.63) is 5.82 Å². The minimum absolute atomic E-state index is 0.0265. The van der Waals surface area contributed by atoms with E-state index in [9.17, 15) is 9.59 Å². The van der Waals surface area contributed by atoms with Crippen molar-refractivity contribution in [2.75, 3.05) is 5.32 Å². The van der Waals surface area contributed by atoms with E-state index in [-0.39, 0.29) is 24.8 Å². The maximum absolute atomic E-state index is 11.6. The number of amides is 1. The largest absolute Gasteiger partial charge is 0.481 e. The molecule has 0 unspecified atom stereocenters. The predicted molar refractivity (Wildman–Crippen MR) is 58.3 cm³/mol. The van der Waals surface area contributed by atoms with Crippen LogP contribution in [0.5, 0.6) is 0 Å². The highest BCUT2D eigenvalue weighted by molar-refractivity contribution is 5.89. The lowest BCUT2D eigenvalue weighted by Crippen LogP contribution is -2.24. The first-order valence-corrected chi connectivity index (χ1v) is 5.10. The van der Waals surface area contributed by atoms with E-state index in [2.05, 4.69) is 15.5 Å². The van der Waals surface area contributed by atoms with E-state index >= 15 is 0 Å². The second-order valence-electron chi connectivity index (χ2n) is 4.61. The zero-order valence-electron chi connectivity index (χ0n) is 9.98. The number of rotatable bonds is 5. The molecular formula is C10H15N3O4. The quantitative estimate of drug-likeness (QED) is 0.802. The van der Waals surface area contributed by atoms with Gasteiger partial charge in [0.1, 0.15) is 0 Å². The smallest absolute Gasteiger partial charge is 0.328 e. The van der Waals surface area contributed by atoms with Crippen LogP contribution in [-0.4, -0.2) is 27.1 Å². The molecule has 7 heteroatoms. The van der Waals surface area contributed by atoms with E-state index in [1.807, 2.05) is 0 Å². The molecule has 0 bridgehead atoms. The molecule has 0 saturated heterocycles. The lowest BCUT2D eigenvalue weighted by atomic mass is 9.85. The van der Waals surface area contributed by atoms with Gasteiger partial charge in [-0.15, -0.1) is 0 Å². The molecular weight excluding hydrogens is 226 g/mol. The van der Waals surface area contributed by atoms with Crippen molar-refractivity contribution in [1.82, 2.24) is 10.1 Å². The molecule has 0 fully saturated rings. The molecule has 0 aliphatic carbocycles. The number of anilines is 1. The Bertz CT molecular complexity index is 425. The Balaban J connectivity index is 2.52. The first kappa shape index (κ1) is 13.1. The van der Waals surface area contributed by atoms with Gasteiger partial charge in [-0.3, -0.25) is 14.9 Å². The van der Waals surface area contributed by atoms with Crippen molar-refractivity contribution in [2.45, 2.75) is 33.6 Å². The average Bonchev–Trinajstić information content (AvgIpc) is 2.46. The minimum atomic E-state index is -0.934. The number of aromatic nitrogens is 2. The highest BCUT2D eigenvalue weighted by Gasteiger charge is 2.25. The second-order valence-corrected chi connectivity index (χ2v) is 4.61. The Morgan fingerprint density at radius 1 is 1.41 bits per heavy atom. The zero-order chi connectivity index (χ0) is 13.1. The second kappa shape index (κ2) is 4.94. The molecule has 1 aromatic heterocycles. The van der Waals surface area contributed by atoms with E-state index in [0.29, 0.717) is 5.82 Å². The summed E-state index contributed by atoms with van der Waals surface area (Å²) in [5.41, 5.74) is -0.620. The van der Waals surface area contributed by atoms with Crippen LogP contribution in [0, 0.1) is 12.3 Å². The van der Waals surface area contributed by atoms with Crippen molar-refractivity contribution in [1.29, 1.82) is 0 Å². The first-order chi connectivity index (χ1) is 7.78. The molecule has 94 valence electrons. The van der Waals surface area contributed by atoms with Gasteiger partial charge >= 0.3 is 12.0 Å². The Labute approximate surface area is 98.2 Å². The van der Waals surface area contributed by atoms with Crippen molar-refractivity contribution < 1.29 is 19.2 Å². The molecule has 1 heterocycles. The number of hydrogen-bond donors (Lipinski definition) is 2. The molecule has 7 nitrogen and oxygen atoms in total. The van der Waals surface area contributed by atoms with E-state index in [4.69, 9.17) is 9.63 Å². The summed E-state index contributed by atoms with van der Waals surface area (Å²) in [5.74, 6) is -0.860. The number of nitrogens with one attached hydrogen (secondary N) is 1. The molecule has 2 N–H and O–H groups in total. The summed E-state index contributed by atoms with van der Waals surface area (Å²) in [5, 5.41) is 14.6. The predicted octanol–water partition coefficient (Wildman–Crippen LogP) is 1.21. The van der Waals surface area contributed by atoms with Gasteiger partial charge in [-0.1, -0.05) is 19.0 Å². The SMILES string of the molecule is Cc1noc(NC(=O)CC(C)(C)CC(=O)O)n1. The van der Waals surface area contributed by atoms with Gasteiger partial charge in [-0.05, 0) is 12.3 Å². The summed E-state index contributed by atoms with van der Waals surface area (Å²) in [7, 11) is 0. The van der Waals surface area contributed by atoms with E-state index in [1.54, 1.807) is 20.8 Å². The van der Waals surface area contributed by atoms with Crippen LogP contribution in [0.15, 0.2) is 4.52 Å². The van der Waals surface area contributed by atoms with Crippen LogP contribution in [0.25, 0.3) is 0 Å². The standard InChI is InChI=1S/C10H15N3O4/c1-6-11-9(17-13-6)12-7(14)4-10(2,3)5-8(15)16/h4-5H2,1-3H3,(H,15,16)(H,11,12,13,14). The number of carboxylic acid groups (broad SMARTS) is 1. The van der Waals surface area contributed by atoms with Crippen LogP contribution < -0.4 is 5.32 Å². The van der Waals surface area contributed by atoms with Gasteiger partial charge < -0.3 is 9.63 Å². The summed E-state index contributed by atoms with van der Waals surface area (Å²) in [6.45, 7) is 5.05. The fourth-order valence-electron chi connectivity index (χ4n) is 1.42. The van der Waals surface area contributed by atoms with E-state index in [1.165, 1.54) is 0 Å². The molecule has 1 amide bonds. The molecule has 0 saturated carbocycles. The fraction of sp³-hybridized carbons (Fsp3) is 0.600. The van der Waals surface area contributed by atoms with Gasteiger partial charge in [0.05, 0.1) is 6.42 Å². The van der Waals surface area contributed by atoms with Crippen LogP contribution in [0.1, 0.15) is 32.5 Å². The van der Waals surface area contributed by atoms with Crippen LogP contribution in [0.2, 0.25) is 0 Å². The highest BCUT2D eigenvalue weighted by Crippen LogP contribution is 2.25. The molecule has 17 heavy (non-hydrogen) atoms. The number of aliphatic carboxylic acids is 1. The lowest BCUT2D eigenvalue weighted by molar-refractivity contribution is -0.139. The normalized spacial score (nSPS) is 11.2. The molecule has 0 aliphatic heterocycles. The van der Waals surface area contributed by atoms with Crippen LogP contribution in [0.3, 0.4) is 0 Å². The number of carbonyl (C=O) groups is 2. The van der Waals surface area contributed by atoms with Gasteiger partial charge in [0, 0.05) is 6.42 Å². The Hall–Kier alpha value is -1.92. The third-order valence-corrected chi connectivity index (χ3v) is 2.04. The summed E-state index contributed by atoms with van der Waals surface area (Å²) < 4.78 is 4.72. The number of hydrogen-bond acceptors (Lipinski definition) is 5. The molecule has 1 aromatic rings. The van der Waals surface area contributed by atoms with Crippen molar-refractivity contribution in [2.24, 2.45) is 5.41 Å². The fourth-order valence-corrected chi connectivity index (χ4v) is 1.42. The van der Waals surface area contributed by atoms with Crippen molar-refractivity contribution in [3.63, 3.8) is 0 Å². The maximum atomic E-state index is 11.6. The third kappa shape index (κ3) is 4.62. The number of carboxylic acids is 1. The Morgan fingerprint density at radius 3 is 2.53 bits per heavy atom. The third-order valence-electron chi connectivity index (χ3n) is 2.04. The van der Waals surface area contributed by atoms with Crippen molar-refractivity contribution >= 4 is 17.9 Å². The number of carbonyl (C=O) groups excluding carboxylic acids is 1. The van der Waals surface area contributed by atoms with Crippen LogP contribution >= 0.6 is 0 Å². The van der Waals surface area contributed by atoms with Crippen LogP contribution in [-0.2, 0) is 9.59 Å². The van der Waals surface area contributed by atoms with Crippen LogP contribution in [0.4, 0.5) is 6.01 Å². The monoisotopic (exact) mass is 241 g/mol. The Kier molecular flexibility index (Phi) is 3.82. The molecule has 0 aliphatic rings. The number of aryl methyl sites for hydroxylation is 1. The minimum Gasteiger partial charge on any atom is -0.481 e. The maximum Gasteiger partial charge on any atom is 0.328 e. The van der Waals surface area contributed by atoms with E-state index in [0.717, 1.165) is 0 Å². The molecule has 0 atom stereocenters. The molecule has 1 rings (SSSR count). The molecule has 0 radical (unpaired) electrons. The summed E-state index contributed by atoms with van der Waals surface area (Å²) in [6.07, 6.45) is -0.00991. The highest BCUT2D eigenvalue weighted by atomic mass is 16.5. The van der Waals surface area contributed by atoms with Gasteiger partial charge in [-0.2, -0.15) is 4.98 Å². The molecule has 0 spiro atoms. The summed E-state index contributed by atoms with van der Waals surface area (Å²) >= 11 is 0. The zero-order valence-corrected chi connectivity index (χ0v) is 9.98. The van der Waals surface area contributed by atoms with Crippen molar-refractivity contribution in [3.8, 4) is 0 Å². The summed E-state index contributed by atoms with van der Waals surface area (Å²) in [6, 6.07) is 0.0265. The van der Waals surface area contributed by atoms with Gasteiger partial charge in [-0.25, -0.2) is 0 Å². The first-order valence-electron chi connectivity index (χ1n) is 5.10. The Morgan fingerprint density at radius 2 is 2.06 bits per heavy atom. The van der Waals surface area contributed by atoms with Gasteiger partial charge in [0.25, 0.3) is 0 Å². The topological polar surface area (TPSA) is 105 Å². The summed E-state index contributed by atoms with van der Waals surface area (Å²) in [4.78, 5) is 26.0. The van der Waals surface area contributed by atoms with E-state index < -0.39 is 11.4 Å². The lowest BCUT2D eigenvalue weighted by Gasteiger charge is -2.20. The number of nitrogens with zero attached hydrogens (tertiary/aromatic N) is 2.